The van der Waals surface area contributed by atoms with Crippen molar-refractivity contribution in [3.8, 4) is 0 Å². The maximum atomic E-state index is 4.77. The number of anilines is 1. The Morgan fingerprint density at radius 1 is 1.15 bits per heavy atom. The molecule has 0 aliphatic carbocycles. The highest BCUT2D eigenvalue weighted by Crippen LogP contribution is 2.19. The van der Waals surface area contributed by atoms with Crippen LogP contribution in [-0.2, 0) is 6.54 Å². The highest BCUT2D eigenvalue weighted by molar-refractivity contribution is 5.41. The molecule has 114 valence electrons. The highest BCUT2D eigenvalue weighted by atomic mass is 15.2. The molecule has 1 rings (SSSR count). The van der Waals surface area contributed by atoms with Crippen LogP contribution in [-0.4, -0.2) is 24.1 Å². The summed E-state index contributed by atoms with van der Waals surface area (Å²) >= 11 is 0. The summed E-state index contributed by atoms with van der Waals surface area (Å²) in [6.07, 6.45) is 1.19. The average Bonchev–Trinajstić information content (AvgIpc) is 2.35. The quantitative estimate of drug-likeness (QED) is 0.822. The van der Waals surface area contributed by atoms with Gasteiger partial charge in [0.05, 0.1) is 0 Å². The van der Waals surface area contributed by atoms with Crippen LogP contribution in [0.15, 0.2) is 12.1 Å². The molecule has 1 aromatic rings. The van der Waals surface area contributed by atoms with Crippen LogP contribution < -0.4 is 10.2 Å². The van der Waals surface area contributed by atoms with Crippen LogP contribution in [0.5, 0.6) is 0 Å². The number of pyridine rings is 1. The summed E-state index contributed by atoms with van der Waals surface area (Å²) in [6.45, 7) is 14.1. The molecule has 3 heteroatoms. The van der Waals surface area contributed by atoms with E-state index in [1.165, 1.54) is 12.0 Å². The monoisotopic (exact) mass is 277 g/mol. The van der Waals surface area contributed by atoms with E-state index >= 15 is 0 Å². The lowest BCUT2D eigenvalue weighted by Gasteiger charge is -2.28. The SMILES string of the molecule is Cc1nc(N(C)C(C)CC(C)C)ccc1CNC(C)C. The van der Waals surface area contributed by atoms with Gasteiger partial charge in [-0.25, -0.2) is 4.98 Å². The number of nitrogens with zero attached hydrogens (tertiary/aromatic N) is 2. The van der Waals surface area contributed by atoms with Gasteiger partial charge in [0.15, 0.2) is 0 Å². The fourth-order valence-corrected chi connectivity index (χ4v) is 2.34. The third-order valence-electron chi connectivity index (χ3n) is 3.72. The molecule has 0 radical (unpaired) electrons. The molecule has 0 spiro atoms. The number of hydrogen-bond acceptors (Lipinski definition) is 3. The van der Waals surface area contributed by atoms with Gasteiger partial charge in [-0.05, 0) is 37.8 Å². The molecule has 0 aliphatic heterocycles. The first-order valence-electron chi connectivity index (χ1n) is 7.74. The van der Waals surface area contributed by atoms with Gasteiger partial charge in [0.25, 0.3) is 0 Å². The van der Waals surface area contributed by atoms with Gasteiger partial charge in [-0.1, -0.05) is 33.8 Å². The van der Waals surface area contributed by atoms with Crippen molar-refractivity contribution in [1.29, 1.82) is 0 Å². The van der Waals surface area contributed by atoms with Crippen LogP contribution in [0.3, 0.4) is 0 Å². The average molecular weight is 277 g/mol. The Bertz CT molecular complexity index is 413. The normalized spacial score (nSPS) is 13.1. The zero-order valence-corrected chi connectivity index (χ0v) is 14.2. The molecular formula is C17H31N3. The first-order chi connectivity index (χ1) is 9.31. The van der Waals surface area contributed by atoms with E-state index in [1.807, 2.05) is 0 Å². The van der Waals surface area contributed by atoms with Crippen LogP contribution >= 0.6 is 0 Å². The molecule has 1 atom stereocenters. The number of aryl methyl sites for hydroxylation is 1. The van der Waals surface area contributed by atoms with Crippen molar-refractivity contribution >= 4 is 5.82 Å². The van der Waals surface area contributed by atoms with E-state index in [1.54, 1.807) is 0 Å². The van der Waals surface area contributed by atoms with Gasteiger partial charge in [0, 0.05) is 31.4 Å². The molecule has 1 unspecified atom stereocenters. The van der Waals surface area contributed by atoms with Crippen molar-refractivity contribution in [3.63, 3.8) is 0 Å². The molecule has 0 fully saturated rings. The Balaban J connectivity index is 2.75. The molecule has 20 heavy (non-hydrogen) atoms. The first-order valence-corrected chi connectivity index (χ1v) is 7.74. The Kier molecular flexibility index (Phi) is 6.47. The minimum Gasteiger partial charge on any atom is -0.357 e. The summed E-state index contributed by atoms with van der Waals surface area (Å²) in [4.78, 5) is 7.05. The molecule has 0 bridgehead atoms. The predicted molar refractivity (Wildman–Crippen MR) is 88.3 cm³/mol. The predicted octanol–water partition coefficient (Wildman–Crippen LogP) is 3.76. The lowest BCUT2D eigenvalue weighted by atomic mass is 10.0. The second-order valence-electron chi connectivity index (χ2n) is 6.54. The van der Waals surface area contributed by atoms with E-state index in [0.29, 0.717) is 18.0 Å². The molecule has 0 saturated heterocycles. The van der Waals surface area contributed by atoms with Crippen LogP contribution in [0.25, 0.3) is 0 Å². The van der Waals surface area contributed by atoms with Gasteiger partial charge in [-0.2, -0.15) is 0 Å². The van der Waals surface area contributed by atoms with E-state index in [-0.39, 0.29) is 0 Å². The van der Waals surface area contributed by atoms with E-state index in [0.717, 1.165) is 18.1 Å². The fourth-order valence-electron chi connectivity index (χ4n) is 2.34. The molecule has 1 N–H and O–H groups in total. The zero-order chi connectivity index (χ0) is 15.3. The summed E-state index contributed by atoms with van der Waals surface area (Å²) in [5, 5.41) is 3.45. The maximum Gasteiger partial charge on any atom is 0.128 e. The standard InChI is InChI=1S/C17H31N3/c1-12(2)10-14(5)20(7)17-9-8-16(15(6)19-17)11-18-13(3)4/h8-9,12-14,18H,10-11H2,1-7H3. The Hall–Kier alpha value is -1.09. The topological polar surface area (TPSA) is 28.2 Å². The van der Waals surface area contributed by atoms with Crippen molar-refractivity contribution in [2.24, 2.45) is 5.92 Å². The lowest BCUT2D eigenvalue weighted by Crippen LogP contribution is -2.31. The third-order valence-corrected chi connectivity index (χ3v) is 3.72. The van der Waals surface area contributed by atoms with E-state index in [4.69, 9.17) is 4.98 Å². The molecule has 1 aromatic heterocycles. The summed E-state index contributed by atoms with van der Waals surface area (Å²) in [7, 11) is 2.14. The smallest absolute Gasteiger partial charge is 0.128 e. The summed E-state index contributed by atoms with van der Waals surface area (Å²) in [5.74, 6) is 1.78. The lowest BCUT2D eigenvalue weighted by molar-refractivity contribution is 0.502. The van der Waals surface area contributed by atoms with Crippen molar-refractivity contribution in [3.05, 3.63) is 23.4 Å². The Morgan fingerprint density at radius 2 is 1.80 bits per heavy atom. The van der Waals surface area contributed by atoms with Crippen LogP contribution in [0, 0.1) is 12.8 Å². The Labute approximate surface area is 124 Å². The molecule has 1 heterocycles. The molecule has 0 amide bonds. The van der Waals surface area contributed by atoms with Gasteiger partial charge < -0.3 is 10.2 Å². The van der Waals surface area contributed by atoms with E-state index in [2.05, 4.69) is 70.9 Å². The van der Waals surface area contributed by atoms with Crippen molar-refractivity contribution < 1.29 is 0 Å². The Morgan fingerprint density at radius 3 is 2.30 bits per heavy atom. The minimum atomic E-state index is 0.503. The first kappa shape index (κ1) is 17.0. The summed E-state index contributed by atoms with van der Waals surface area (Å²) < 4.78 is 0. The molecule has 0 aliphatic rings. The number of rotatable bonds is 7. The van der Waals surface area contributed by atoms with Crippen LogP contribution in [0.4, 0.5) is 5.82 Å². The molecule has 0 aromatic carbocycles. The van der Waals surface area contributed by atoms with Crippen LogP contribution in [0.1, 0.15) is 52.3 Å². The van der Waals surface area contributed by atoms with Gasteiger partial charge in [0.2, 0.25) is 0 Å². The van der Waals surface area contributed by atoms with Crippen molar-refractivity contribution in [1.82, 2.24) is 10.3 Å². The van der Waals surface area contributed by atoms with Gasteiger partial charge in [-0.15, -0.1) is 0 Å². The van der Waals surface area contributed by atoms with Crippen molar-refractivity contribution in [2.75, 3.05) is 11.9 Å². The van der Waals surface area contributed by atoms with E-state index < -0.39 is 0 Å². The second kappa shape index (κ2) is 7.63. The number of aromatic nitrogens is 1. The molecular weight excluding hydrogens is 246 g/mol. The second-order valence-corrected chi connectivity index (χ2v) is 6.54. The number of nitrogens with one attached hydrogen (secondary N) is 1. The van der Waals surface area contributed by atoms with Crippen molar-refractivity contribution in [2.45, 2.75) is 66.6 Å². The third kappa shape index (κ3) is 5.12. The zero-order valence-electron chi connectivity index (χ0n) is 14.2. The van der Waals surface area contributed by atoms with Gasteiger partial charge in [0.1, 0.15) is 5.82 Å². The fraction of sp³-hybridized carbons (Fsp3) is 0.706. The van der Waals surface area contributed by atoms with Gasteiger partial charge in [-0.3, -0.25) is 0 Å². The minimum absolute atomic E-state index is 0.503. The highest BCUT2D eigenvalue weighted by Gasteiger charge is 2.13. The maximum absolute atomic E-state index is 4.77. The van der Waals surface area contributed by atoms with Crippen LogP contribution in [0.2, 0.25) is 0 Å². The van der Waals surface area contributed by atoms with Gasteiger partial charge >= 0.3 is 0 Å². The largest absolute Gasteiger partial charge is 0.357 e. The van der Waals surface area contributed by atoms with E-state index in [9.17, 15) is 0 Å². The molecule has 0 saturated carbocycles. The summed E-state index contributed by atoms with van der Waals surface area (Å²) in [5.41, 5.74) is 2.41. The number of hydrogen-bond donors (Lipinski definition) is 1. The molecule has 3 nitrogen and oxygen atoms in total. The summed E-state index contributed by atoms with van der Waals surface area (Å²) in [6, 6.07) is 5.36.